The Morgan fingerprint density at radius 2 is 1.82 bits per heavy atom. The van der Waals surface area contributed by atoms with Crippen molar-refractivity contribution in [3.63, 3.8) is 0 Å². The molecule has 1 N–H and O–H groups in total. The second-order valence-electron chi connectivity index (χ2n) is 8.25. The Morgan fingerprint density at radius 1 is 1.12 bits per heavy atom. The number of alkyl halides is 1. The van der Waals surface area contributed by atoms with Gasteiger partial charge in [0.05, 0.1) is 25.0 Å². The Hall–Kier alpha value is -3.85. The van der Waals surface area contributed by atoms with E-state index in [9.17, 15) is 14.7 Å². The predicted molar refractivity (Wildman–Crippen MR) is 120 cm³/mol. The fraction of sp³-hybridized carbons (Fsp3) is 0.250. The van der Waals surface area contributed by atoms with E-state index in [1.807, 2.05) is 30.3 Å². The summed E-state index contributed by atoms with van der Waals surface area (Å²) in [7, 11) is 0. The number of likely N-dealkylation sites (tertiary alicyclic amines) is 1. The number of hydrogen-bond acceptors (Lipinski definition) is 5. The molecule has 33 heavy (non-hydrogen) atoms. The number of benzene rings is 2. The van der Waals surface area contributed by atoms with Crippen LogP contribution in [0.5, 0.6) is 0 Å². The summed E-state index contributed by atoms with van der Waals surface area (Å²) in [5, 5.41) is 15.6. The first-order chi connectivity index (χ1) is 16.0. The third-order valence-electron chi connectivity index (χ3n) is 6.09. The molecule has 4 aromatic rings. The predicted octanol–water partition coefficient (Wildman–Crippen LogP) is 2.20. The normalized spacial score (nSPS) is 20.8. The number of carbonyl (C=O) groups is 1. The number of fused-ring (bicyclic) bond motifs is 1. The number of amides is 1. The fourth-order valence-electron chi connectivity index (χ4n) is 4.18. The highest BCUT2D eigenvalue weighted by Gasteiger charge is 2.44. The molecule has 0 radical (unpaired) electrons. The molecule has 1 fully saturated rings. The highest BCUT2D eigenvalue weighted by molar-refractivity contribution is 5.94. The van der Waals surface area contributed by atoms with Crippen LogP contribution in [0.25, 0.3) is 16.7 Å². The van der Waals surface area contributed by atoms with E-state index in [-0.39, 0.29) is 37.3 Å². The van der Waals surface area contributed by atoms with Gasteiger partial charge in [0.25, 0.3) is 11.5 Å². The summed E-state index contributed by atoms with van der Waals surface area (Å²) in [6.45, 7) is -0.332. The average Bonchev–Trinajstić information content (AvgIpc) is 3.28. The molecule has 5 rings (SSSR count). The van der Waals surface area contributed by atoms with Gasteiger partial charge in [0.1, 0.15) is 23.5 Å². The van der Waals surface area contributed by atoms with E-state index in [1.54, 1.807) is 35.0 Å². The number of carbonyl (C=O) groups excluding carboxylic acids is 1. The van der Waals surface area contributed by atoms with Crippen molar-refractivity contribution in [2.24, 2.45) is 0 Å². The molecule has 8 nitrogen and oxygen atoms in total. The topological polar surface area (TPSA) is 93.2 Å². The fourth-order valence-corrected chi connectivity index (χ4v) is 4.18. The van der Waals surface area contributed by atoms with Crippen molar-refractivity contribution in [3.8, 4) is 5.69 Å². The monoisotopic (exact) mass is 447 g/mol. The van der Waals surface area contributed by atoms with Gasteiger partial charge >= 0.3 is 0 Å². The standard InChI is InChI=1S/C24H22FN5O3/c25-20-14-28(22(31)17-7-3-1-4-8-17)12-11-24(20,33)15-29-16-26-21-19(23(29)32)13-27-30(21)18-9-5-2-6-10-18/h1-10,13,16,20,33H,11-12,14-15H2/t20-,24-/m1/s1. The molecule has 0 aliphatic carbocycles. The van der Waals surface area contributed by atoms with E-state index in [2.05, 4.69) is 10.1 Å². The minimum Gasteiger partial charge on any atom is -0.385 e. The first kappa shape index (κ1) is 21.0. The van der Waals surface area contributed by atoms with Crippen LogP contribution in [0.4, 0.5) is 4.39 Å². The van der Waals surface area contributed by atoms with Gasteiger partial charge in [0.15, 0.2) is 5.65 Å². The van der Waals surface area contributed by atoms with Gasteiger partial charge in [-0.2, -0.15) is 5.10 Å². The van der Waals surface area contributed by atoms with E-state index in [0.717, 1.165) is 5.69 Å². The van der Waals surface area contributed by atoms with Gasteiger partial charge in [-0.05, 0) is 30.7 Å². The van der Waals surface area contributed by atoms with Crippen LogP contribution in [0.1, 0.15) is 16.8 Å². The van der Waals surface area contributed by atoms with Crippen molar-refractivity contribution >= 4 is 16.9 Å². The van der Waals surface area contributed by atoms with Crippen LogP contribution in [-0.4, -0.2) is 60.1 Å². The number of halogens is 1. The van der Waals surface area contributed by atoms with Crippen molar-refractivity contribution in [1.29, 1.82) is 0 Å². The third-order valence-corrected chi connectivity index (χ3v) is 6.09. The number of aromatic nitrogens is 4. The van der Waals surface area contributed by atoms with Crippen molar-refractivity contribution in [3.05, 3.63) is 89.1 Å². The SMILES string of the molecule is O=C(c1ccccc1)N1CC[C@@](O)(Cn2cnc3c(cnn3-c3ccccc3)c2=O)[C@H](F)C1. The van der Waals surface area contributed by atoms with Gasteiger partial charge in [-0.1, -0.05) is 36.4 Å². The molecule has 168 valence electrons. The molecule has 1 saturated heterocycles. The van der Waals surface area contributed by atoms with Crippen LogP contribution in [0.3, 0.4) is 0 Å². The largest absolute Gasteiger partial charge is 0.385 e. The van der Waals surface area contributed by atoms with Crippen LogP contribution >= 0.6 is 0 Å². The Balaban J connectivity index is 1.37. The van der Waals surface area contributed by atoms with Crippen LogP contribution in [0.15, 0.2) is 78.0 Å². The summed E-state index contributed by atoms with van der Waals surface area (Å²) in [4.78, 5) is 31.4. The van der Waals surface area contributed by atoms with Gasteiger partial charge in [-0.15, -0.1) is 0 Å². The third kappa shape index (κ3) is 3.80. The molecule has 2 atom stereocenters. The molecule has 1 aliphatic rings. The number of nitrogens with zero attached hydrogens (tertiary/aromatic N) is 5. The van der Waals surface area contributed by atoms with Gasteiger partial charge in [-0.25, -0.2) is 14.1 Å². The van der Waals surface area contributed by atoms with Crippen molar-refractivity contribution in [2.45, 2.75) is 24.7 Å². The summed E-state index contributed by atoms with van der Waals surface area (Å²) in [5.41, 5.74) is -0.589. The molecule has 0 spiro atoms. The molecule has 0 bridgehead atoms. The zero-order valence-corrected chi connectivity index (χ0v) is 17.7. The Bertz CT molecular complexity index is 1360. The number of aliphatic hydroxyl groups is 1. The second-order valence-corrected chi connectivity index (χ2v) is 8.25. The lowest BCUT2D eigenvalue weighted by Gasteiger charge is -2.41. The molecule has 0 saturated carbocycles. The summed E-state index contributed by atoms with van der Waals surface area (Å²) in [6.07, 6.45) is 1.01. The maximum absolute atomic E-state index is 15.1. The van der Waals surface area contributed by atoms with Gasteiger partial charge in [0, 0.05) is 12.1 Å². The molecule has 3 heterocycles. The summed E-state index contributed by atoms with van der Waals surface area (Å²) in [6, 6.07) is 17.9. The number of para-hydroxylation sites is 1. The maximum atomic E-state index is 15.1. The maximum Gasteiger partial charge on any atom is 0.264 e. The quantitative estimate of drug-likeness (QED) is 0.518. The highest BCUT2D eigenvalue weighted by Crippen LogP contribution is 2.28. The number of rotatable bonds is 4. The van der Waals surface area contributed by atoms with Crippen molar-refractivity contribution in [1.82, 2.24) is 24.2 Å². The van der Waals surface area contributed by atoms with Gasteiger partial charge in [-0.3, -0.25) is 14.2 Å². The van der Waals surface area contributed by atoms with Crippen LogP contribution in [0, 0.1) is 0 Å². The van der Waals surface area contributed by atoms with Crippen molar-refractivity contribution in [2.75, 3.05) is 13.1 Å². The lowest BCUT2D eigenvalue weighted by atomic mass is 9.89. The van der Waals surface area contributed by atoms with E-state index in [1.165, 1.54) is 22.0 Å². The van der Waals surface area contributed by atoms with Crippen molar-refractivity contribution < 1.29 is 14.3 Å². The number of hydrogen-bond donors (Lipinski definition) is 1. The minimum atomic E-state index is -1.79. The smallest absolute Gasteiger partial charge is 0.264 e. The molecule has 2 aromatic carbocycles. The molecule has 9 heteroatoms. The summed E-state index contributed by atoms with van der Waals surface area (Å²) >= 11 is 0. The summed E-state index contributed by atoms with van der Waals surface area (Å²) < 4.78 is 17.9. The molecular weight excluding hydrogens is 425 g/mol. The van der Waals surface area contributed by atoms with Gasteiger partial charge < -0.3 is 10.0 Å². The highest BCUT2D eigenvalue weighted by atomic mass is 19.1. The first-order valence-electron chi connectivity index (χ1n) is 10.7. The first-order valence-corrected chi connectivity index (χ1v) is 10.7. The van der Waals surface area contributed by atoms with E-state index in [0.29, 0.717) is 11.2 Å². The molecular formula is C24H22FN5O3. The van der Waals surface area contributed by atoms with Crippen LogP contribution in [0.2, 0.25) is 0 Å². The second kappa shape index (κ2) is 8.25. The lowest BCUT2D eigenvalue weighted by Crippen LogP contribution is -2.57. The zero-order chi connectivity index (χ0) is 23.0. The minimum absolute atomic E-state index is 0.000491. The number of piperidine rings is 1. The summed E-state index contributed by atoms with van der Waals surface area (Å²) in [5.74, 6) is -0.283. The molecule has 0 unspecified atom stereocenters. The average molecular weight is 447 g/mol. The van der Waals surface area contributed by atoms with Crippen LogP contribution in [-0.2, 0) is 6.54 Å². The Morgan fingerprint density at radius 3 is 2.52 bits per heavy atom. The molecule has 2 aromatic heterocycles. The van der Waals surface area contributed by atoms with Gasteiger partial charge in [0.2, 0.25) is 0 Å². The lowest BCUT2D eigenvalue weighted by molar-refractivity contribution is -0.0887. The Kier molecular flexibility index (Phi) is 5.26. The van der Waals surface area contributed by atoms with E-state index < -0.39 is 17.3 Å². The molecule has 1 aliphatic heterocycles. The molecule has 1 amide bonds. The Labute approximate surface area is 188 Å². The van der Waals surface area contributed by atoms with E-state index in [4.69, 9.17) is 0 Å². The van der Waals surface area contributed by atoms with Crippen LogP contribution < -0.4 is 5.56 Å². The zero-order valence-electron chi connectivity index (χ0n) is 17.7. The van der Waals surface area contributed by atoms with E-state index >= 15 is 4.39 Å².